The highest BCUT2D eigenvalue weighted by atomic mass is 16.7. The van der Waals surface area contributed by atoms with E-state index >= 15 is 0 Å². The molecule has 11 nitrogen and oxygen atoms in total. The first-order valence-electron chi connectivity index (χ1n) is 13.8. The Kier molecular flexibility index (Phi) is 13.6. The van der Waals surface area contributed by atoms with E-state index in [4.69, 9.17) is 23.7 Å². The predicted octanol–water partition coefficient (Wildman–Crippen LogP) is 0.447. The molecule has 0 spiro atoms. The molecule has 12 atom stereocenters. The van der Waals surface area contributed by atoms with E-state index in [-0.39, 0.29) is 5.92 Å². The van der Waals surface area contributed by atoms with Gasteiger partial charge in [-0.15, -0.1) is 0 Å². The van der Waals surface area contributed by atoms with Crippen LogP contribution in [0.3, 0.4) is 0 Å². The van der Waals surface area contributed by atoms with E-state index in [2.05, 4.69) is 6.92 Å². The van der Waals surface area contributed by atoms with Crippen molar-refractivity contribution in [3.63, 3.8) is 0 Å². The van der Waals surface area contributed by atoms with Crippen LogP contribution in [0.1, 0.15) is 73.1 Å². The average molecular weight is 539 g/mol. The quantitative estimate of drug-likeness (QED) is 0.171. The Hall–Kier alpha value is -0.440. The van der Waals surface area contributed by atoms with Gasteiger partial charge in [0.25, 0.3) is 0 Å². The molecule has 2 rings (SSSR count). The minimum atomic E-state index is -1.58. The number of hydrogen-bond donors (Lipinski definition) is 6. The van der Waals surface area contributed by atoms with Gasteiger partial charge in [-0.1, -0.05) is 47.0 Å². The molecule has 220 valence electrons. The molecule has 0 amide bonds. The van der Waals surface area contributed by atoms with Gasteiger partial charge in [0.2, 0.25) is 0 Å². The second-order valence-electron chi connectivity index (χ2n) is 10.5. The molecule has 11 unspecified atom stereocenters. The van der Waals surface area contributed by atoms with E-state index in [0.717, 1.165) is 25.7 Å². The third kappa shape index (κ3) is 8.28. The van der Waals surface area contributed by atoms with E-state index in [9.17, 15) is 30.6 Å². The van der Waals surface area contributed by atoms with Gasteiger partial charge in [0.05, 0.1) is 25.4 Å². The maximum absolute atomic E-state index is 10.9. The fourth-order valence-corrected chi connectivity index (χ4v) is 5.03. The number of hydrogen-bond acceptors (Lipinski definition) is 11. The van der Waals surface area contributed by atoms with E-state index in [1.54, 1.807) is 0 Å². The Morgan fingerprint density at radius 2 is 1.35 bits per heavy atom. The Bertz CT molecular complexity index is 636. The van der Waals surface area contributed by atoms with Gasteiger partial charge >= 0.3 is 0 Å². The lowest BCUT2D eigenvalue weighted by Crippen LogP contribution is -2.65. The lowest BCUT2D eigenvalue weighted by molar-refractivity contribution is -0.370. The zero-order chi connectivity index (χ0) is 27.8. The number of rotatable bonds is 15. The van der Waals surface area contributed by atoms with Crippen LogP contribution in [-0.2, 0) is 23.7 Å². The third-order valence-electron chi connectivity index (χ3n) is 7.66. The Balaban J connectivity index is 2.10. The molecule has 2 aliphatic heterocycles. The van der Waals surface area contributed by atoms with Crippen molar-refractivity contribution in [2.24, 2.45) is 5.92 Å². The van der Waals surface area contributed by atoms with Gasteiger partial charge in [-0.05, 0) is 32.1 Å². The van der Waals surface area contributed by atoms with Crippen molar-refractivity contribution in [3.8, 4) is 0 Å². The summed E-state index contributed by atoms with van der Waals surface area (Å²) in [5.74, 6) is 0.269. The molecule has 0 saturated carbocycles. The maximum atomic E-state index is 10.9. The fourth-order valence-electron chi connectivity index (χ4n) is 5.03. The molecule has 11 heteroatoms. The van der Waals surface area contributed by atoms with Crippen molar-refractivity contribution in [1.82, 2.24) is 0 Å². The van der Waals surface area contributed by atoms with Crippen molar-refractivity contribution < 1.29 is 54.3 Å². The highest BCUT2D eigenvalue weighted by molar-refractivity contribution is 4.95. The molecule has 0 aromatic heterocycles. The monoisotopic (exact) mass is 538 g/mol. The zero-order valence-electron chi connectivity index (χ0n) is 22.9. The summed E-state index contributed by atoms with van der Waals surface area (Å²) in [5.41, 5.74) is -0.599. The van der Waals surface area contributed by atoms with Crippen LogP contribution in [0.25, 0.3) is 0 Å². The second kappa shape index (κ2) is 15.4. The smallest absolute Gasteiger partial charge is 0.187 e. The van der Waals surface area contributed by atoms with E-state index < -0.39 is 80.2 Å². The molecule has 0 radical (unpaired) electrons. The van der Waals surface area contributed by atoms with Gasteiger partial charge in [0.1, 0.15) is 48.8 Å². The fraction of sp³-hybridized carbons (Fsp3) is 1.00. The number of aliphatic hydroxyl groups excluding tert-OH is 6. The minimum absolute atomic E-state index is 0.269. The van der Waals surface area contributed by atoms with Crippen molar-refractivity contribution in [1.29, 1.82) is 0 Å². The molecule has 37 heavy (non-hydrogen) atoms. The lowest BCUT2D eigenvalue weighted by atomic mass is 9.95. The van der Waals surface area contributed by atoms with Crippen LogP contribution in [0, 0.1) is 5.92 Å². The maximum Gasteiger partial charge on any atom is 0.187 e. The van der Waals surface area contributed by atoms with Crippen LogP contribution in [0.4, 0.5) is 0 Å². The van der Waals surface area contributed by atoms with Crippen molar-refractivity contribution in [2.45, 2.75) is 140 Å². The van der Waals surface area contributed by atoms with E-state index in [0.29, 0.717) is 19.4 Å². The van der Waals surface area contributed by atoms with Crippen LogP contribution in [0.2, 0.25) is 0 Å². The molecule has 2 fully saturated rings. The standard InChI is InChI=1S/C26H50O11/c1-6-10-15(8-3)14-33-22-16(12-27)34-24(20(31)18(22)29)36-23-17(13-28)35-25(21(32)19(23)30)37-26(5,9-4)11-7-2/h15-25,27-32H,6-14H2,1-5H3/t15?,16?,17?,18?,19?,20?,21?,22?,23?,24?,25?,26-/m0/s1. The number of ether oxygens (including phenoxy) is 5. The van der Waals surface area contributed by atoms with Crippen LogP contribution < -0.4 is 0 Å². The SMILES string of the molecule is CCCC(CC)COC1C(CO)OC(OC2C(CO)OC(O[C@@](C)(CC)CCC)C(O)C2O)C(O)C1O. The van der Waals surface area contributed by atoms with Crippen molar-refractivity contribution in [3.05, 3.63) is 0 Å². The van der Waals surface area contributed by atoms with E-state index in [1.165, 1.54) is 0 Å². The molecule has 0 aromatic carbocycles. The zero-order valence-corrected chi connectivity index (χ0v) is 22.9. The first kappa shape index (κ1) is 32.8. The summed E-state index contributed by atoms with van der Waals surface area (Å²) >= 11 is 0. The summed E-state index contributed by atoms with van der Waals surface area (Å²) in [6.07, 6.45) is -8.14. The molecule has 2 aliphatic rings. The van der Waals surface area contributed by atoms with Crippen LogP contribution in [0.5, 0.6) is 0 Å². The molecular weight excluding hydrogens is 488 g/mol. The molecule has 0 bridgehead atoms. The van der Waals surface area contributed by atoms with Gasteiger partial charge < -0.3 is 54.3 Å². The summed E-state index contributed by atoms with van der Waals surface area (Å²) < 4.78 is 29.1. The molecule has 2 heterocycles. The first-order valence-corrected chi connectivity index (χ1v) is 13.8. The van der Waals surface area contributed by atoms with Gasteiger partial charge in [0, 0.05) is 0 Å². The summed E-state index contributed by atoms with van der Waals surface area (Å²) in [6, 6.07) is 0. The highest BCUT2D eigenvalue weighted by Gasteiger charge is 2.52. The largest absolute Gasteiger partial charge is 0.394 e. The first-order chi connectivity index (χ1) is 17.6. The third-order valence-corrected chi connectivity index (χ3v) is 7.66. The average Bonchev–Trinajstić information content (AvgIpc) is 2.89. The minimum Gasteiger partial charge on any atom is -0.394 e. The molecule has 0 aromatic rings. The van der Waals surface area contributed by atoms with Gasteiger partial charge in [-0.2, -0.15) is 0 Å². The summed E-state index contributed by atoms with van der Waals surface area (Å²) in [6.45, 7) is 9.24. The Labute approximate surface area is 220 Å². The Morgan fingerprint density at radius 1 is 0.784 bits per heavy atom. The highest BCUT2D eigenvalue weighted by Crippen LogP contribution is 2.33. The summed E-state index contributed by atoms with van der Waals surface area (Å²) in [5, 5.41) is 63.0. The molecule has 6 N–H and O–H groups in total. The van der Waals surface area contributed by atoms with Gasteiger partial charge in [-0.3, -0.25) is 0 Å². The van der Waals surface area contributed by atoms with Gasteiger partial charge in [-0.25, -0.2) is 0 Å². The van der Waals surface area contributed by atoms with Crippen LogP contribution >= 0.6 is 0 Å². The normalized spacial score (nSPS) is 39.3. The predicted molar refractivity (Wildman–Crippen MR) is 134 cm³/mol. The van der Waals surface area contributed by atoms with Crippen LogP contribution in [-0.4, -0.2) is 117 Å². The topological polar surface area (TPSA) is 168 Å². The molecular formula is C26H50O11. The van der Waals surface area contributed by atoms with Crippen molar-refractivity contribution >= 4 is 0 Å². The molecule has 2 saturated heterocycles. The summed E-state index contributed by atoms with van der Waals surface area (Å²) in [4.78, 5) is 0. The van der Waals surface area contributed by atoms with Crippen molar-refractivity contribution in [2.75, 3.05) is 19.8 Å². The lowest BCUT2D eigenvalue weighted by Gasteiger charge is -2.47. The summed E-state index contributed by atoms with van der Waals surface area (Å²) in [7, 11) is 0. The van der Waals surface area contributed by atoms with Gasteiger partial charge in [0.15, 0.2) is 12.6 Å². The Morgan fingerprint density at radius 3 is 1.89 bits per heavy atom. The molecule has 0 aliphatic carbocycles. The number of aliphatic hydroxyl groups is 6. The second-order valence-corrected chi connectivity index (χ2v) is 10.5. The van der Waals surface area contributed by atoms with Crippen LogP contribution in [0.15, 0.2) is 0 Å². The van der Waals surface area contributed by atoms with E-state index in [1.807, 2.05) is 27.7 Å².